The van der Waals surface area contributed by atoms with Crippen LogP contribution in [0, 0.1) is 0 Å². The molecule has 0 saturated carbocycles. The maximum atomic E-state index is 12.9. The molecule has 0 saturated heterocycles. The van der Waals surface area contributed by atoms with Crippen LogP contribution in [-0.2, 0) is 14.8 Å². The van der Waals surface area contributed by atoms with Gasteiger partial charge in [-0.2, -0.15) is 0 Å². The maximum absolute atomic E-state index is 12.9. The van der Waals surface area contributed by atoms with Crippen LogP contribution in [0.3, 0.4) is 0 Å². The first kappa shape index (κ1) is 21.8. The number of ether oxygens (including phenoxy) is 2. The topological polar surface area (TPSA) is 84.9 Å². The molecule has 1 unspecified atom stereocenters. The van der Waals surface area contributed by atoms with Gasteiger partial charge in [0.1, 0.15) is 17.5 Å². The number of amides is 1. The van der Waals surface area contributed by atoms with E-state index in [9.17, 15) is 13.2 Å². The normalized spacial score (nSPS) is 12.2. The van der Waals surface area contributed by atoms with Crippen LogP contribution in [0.4, 0.5) is 11.4 Å². The Hall–Kier alpha value is -2.45. The minimum atomic E-state index is -3.74. The molecule has 0 radical (unpaired) electrons. The number of carbonyl (C=O) groups excluding carboxylic acids is 1. The Morgan fingerprint density at radius 2 is 1.89 bits per heavy atom. The first-order chi connectivity index (χ1) is 13.2. The monoisotopic (exact) mass is 426 g/mol. The van der Waals surface area contributed by atoms with Gasteiger partial charge >= 0.3 is 0 Å². The summed E-state index contributed by atoms with van der Waals surface area (Å²) in [5, 5.41) is 3.05. The molecule has 2 aromatic rings. The van der Waals surface area contributed by atoms with Gasteiger partial charge < -0.3 is 14.8 Å². The van der Waals surface area contributed by atoms with E-state index in [1.807, 2.05) is 0 Å². The molecule has 2 rings (SSSR count). The lowest BCUT2D eigenvalue weighted by molar-refractivity contribution is -0.117. The van der Waals surface area contributed by atoms with Crippen molar-refractivity contribution in [1.82, 2.24) is 0 Å². The minimum Gasteiger partial charge on any atom is -0.497 e. The van der Waals surface area contributed by atoms with Gasteiger partial charge in [0, 0.05) is 11.8 Å². The van der Waals surface area contributed by atoms with Crippen LogP contribution in [0.15, 0.2) is 42.5 Å². The van der Waals surface area contributed by atoms with Crippen LogP contribution in [0.5, 0.6) is 11.5 Å². The first-order valence-corrected chi connectivity index (χ1v) is 10.7. The maximum Gasteiger partial charge on any atom is 0.248 e. The second-order valence-corrected chi connectivity index (χ2v) is 8.29. The van der Waals surface area contributed by atoms with E-state index >= 15 is 0 Å². The summed E-state index contributed by atoms with van der Waals surface area (Å²) >= 11 is 6.09. The summed E-state index contributed by atoms with van der Waals surface area (Å²) in [4.78, 5) is 12.9. The Labute approximate surface area is 170 Å². The zero-order chi connectivity index (χ0) is 20.9. The summed E-state index contributed by atoms with van der Waals surface area (Å²) < 4.78 is 36.3. The van der Waals surface area contributed by atoms with Crippen LogP contribution >= 0.6 is 11.6 Å². The molecule has 1 amide bonds. The van der Waals surface area contributed by atoms with Crippen LogP contribution < -0.4 is 19.1 Å². The van der Waals surface area contributed by atoms with E-state index in [4.69, 9.17) is 21.1 Å². The van der Waals surface area contributed by atoms with Crippen LogP contribution in [0.25, 0.3) is 0 Å². The van der Waals surface area contributed by atoms with E-state index in [0.29, 0.717) is 27.9 Å². The van der Waals surface area contributed by atoms with Crippen molar-refractivity contribution in [2.75, 3.05) is 30.1 Å². The molecule has 9 heteroatoms. The van der Waals surface area contributed by atoms with E-state index in [0.717, 1.165) is 10.6 Å². The van der Waals surface area contributed by atoms with Crippen molar-refractivity contribution in [2.45, 2.75) is 19.4 Å². The van der Waals surface area contributed by atoms with Crippen LogP contribution in [0.1, 0.15) is 13.3 Å². The lowest BCUT2D eigenvalue weighted by Gasteiger charge is -2.30. The predicted molar refractivity (Wildman–Crippen MR) is 111 cm³/mol. The smallest absolute Gasteiger partial charge is 0.248 e. The molecule has 0 aromatic heterocycles. The van der Waals surface area contributed by atoms with E-state index in [1.54, 1.807) is 49.4 Å². The second-order valence-electron chi connectivity index (χ2n) is 6.02. The largest absolute Gasteiger partial charge is 0.497 e. The molecular weight excluding hydrogens is 404 g/mol. The molecule has 0 aliphatic carbocycles. The summed E-state index contributed by atoms with van der Waals surface area (Å²) in [5.74, 6) is 0.487. The number of anilines is 2. The highest BCUT2D eigenvalue weighted by Gasteiger charge is 2.31. The average molecular weight is 427 g/mol. The molecular formula is C19H23ClN2O5S. The molecule has 0 heterocycles. The molecule has 0 bridgehead atoms. The number of sulfonamides is 1. The summed E-state index contributed by atoms with van der Waals surface area (Å²) in [5.41, 5.74) is 0.782. The number of halogens is 1. The lowest BCUT2D eigenvalue weighted by Crippen LogP contribution is -2.47. The van der Waals surface area contributed by atoms with Gasteiger partial charge in [-0.1, -0.05) is 24.6 Å². The second kappa shape index (κ2) is 9.16. The number of methoxy groups -OCH3 is 2. The van der Waals surface area contributed by atoms with Gasteiger partial charge in [0.05, 0.1) is 31.2 Å². The Bertz CT molecular complexity index is 949. The number of nitrogens with one attached hydrogen (secondary N) is 1. The summed E-state index contributed by atoms with van der Waals surface area (Å²) in [7, 11) is -0.761. The Morgan fingerprint density at radius 3 is 2.43 bits per heavy atom. The van der Waals surface area contributed by atoms with Crippen molar-refractivity contribution in [3.63, 3.8) is 0 Å². The molecule has 0 aliphatic rings. The Balaban J connectivity index is 2.37. The van der Waals surface area contributed by atoms with Gasteiger partial charge in [-0.15, -0.1) is 0 Å². The molecule has 0 fully saturated rings. The molecule has 1 N–H and O–H groups in total. The zero-order valence-corrected chi connectivity index (χ0v) is 17.7. The standard InChI is InChI=1S/C19H23ClN2O5S/c1-5-17(19(23)21-13-9-10-18(27-3)16(20)11-13)22(28(4,24)25)14-7-6-8-15(12-14)26-2/h6-12,17H,5H2,1-4H3,(H,21,23). The average Bonchev–Trinajstić information content (AvgIpc) is 2.65. The fraction of sp³-hybridized carbons (Fsp3) is 0.316. The van der Waals surface area contributed by atoms with E-state index in [2.05, 4.69) is 5.32 Å². The molecule has 0 aliphatic heterocycles. The quantitative estimate of drug-likeness (QED) is 0.697. The lowest BCUT2D eigenvalue weighted by atomic mass is 10.1. The van der Waals surface area contributed by atoms with Crippen molar-refractivity contribution >= 4 is 38.9 Å². The summed E-state index contributed by atoms with van der Waals surface area (Å²) in [6.07, 6.45) is 1.33. The highest BCUT2D eigenvalue weighted by atomic mass is 35.5. The molecule has 28 heavy (non-hydrogen) atoms. The molecule has 2 aromatic carbocycles. The van der Waals surface area contributed by atoms with Crippen molar-refractivity contribution in [3.8, 4) is 11.5 Å². The van der Waals surface area contributed by atoms with Gasteiger partial charge in [0.25, 0.3) is 0 Å². The highest BCUT2D eigenvalue weighted by Crippen LogP contribution is 2.29. The number of hydrogen-bond donors (Lipinski definition) is 1. The predicted octanol–water partition coefficient (Wildman–Crippen LogP) is 3.54. The molecule has 1 atom stereocenters. The fourth-order valence-corrected chi connectivity index (χ4v) is 4.24. The van der Waals surface area contributed by atoms with E-state index in [1.165, 1.54) is 14.2 Å². The van der Waals surface area contributed by atoms with E-state index < -0.39 is 22.0 Å². The molecule has 152 valence electrons. The van der Waals surface area contributed by atoms with E-state index in [-0.39, 0.29) is 6.42 Å². The SMILES string of the molecule is CCC(C(=O)Nc1ccc(OC)c(Cl)c1)N(c1cccc(OC)c1)S(C)(=O)=O. The van der Waals surface area contributed by atoms with Gasteiger partial charge in [-0.25, -0.2) is 8.42 Å². The minimum absolute atomic E-state index is 0.264. The number of carbonyl (C=O) groups is 1. The third-order valence-electron chi connectivity index (χ3n) is 4.06. The molecule has 0 spiro atoms. The zero-order valence-electron chi connectivity index (χ0n) is 16.1. The van der Waals surface area contributed by atoms with Crippen LogP contribution in [0.2, 0.25) is 5.02 Å². The van der Waals surface area contributed by atoms with Gasteiger partial charge in [-0.3, -0.25) is 9.10 Å². The van der Waals surface area contributed by atoms with Crippen molar-refractivity contribution < 1.29 is 22.7 Å². The number of benzene rings is 2. The van der Waals surface area contributed by atoms with Crippen molar-refractivity contribution in [1.29, 1.82) is 0 Å². The van der Waals surface area contributed by atoms with Gasteiger partial charge in [0.2, 0.25) is 15.9 Å². The van der Waals surface area contributed by atoms with Crippen LogP contribution in [-0.4, -0.2) is 40.8 Å². The Morgan fingerprint density at radius 1 is 1.18 bits per heavy atom. The van der Waals surface area contributed by atoms with Gasteiger partial charge in [-0.05, 0) is 36.8 Å². The fourth-order valence-electron chi connectivity index (χ4n) is 2.78. The number of hydrogen-bond acceptors (Lipinski definition) is 5. The van der Waals surface area contributed by atoms with Crippen molar-refractivity contribution in [2.24, 2.45) is 0 Å². The third-order valence-corrected chi connectivity index (χ3v) is 5.53. The van der Waals surface area contributed by atoms with Crippen molar-refractivity contribution in [3.05, 3.63) is 47.5 Å². The first-order valence-electron chi connectivity index (χ1n) is 8.49. The highest BCUT2D eigenvalue weighted by molar-refractivity contribution is 7.92. The number of nitrogens with zero attached hydrogens (tertiary/aromatic N) is 1. The Kier molecular flexibility index (Phi) is 7.15. The van der Waals surface area contributed by atoms with Gasteiger partial charge in [0.15, 0.2) is 0 Å². The summed E-state index contributed by atoms with van der Waals surface area (Å²) in [6.45, 7) is 1.74. The summed E-state index contributed by atoms with van der Waals surface area (Å²) in [6, 6.07) is 10.4. The third kappa shape index (κ3) is 5.08. The molecule has 7 nitrogen and oxygen atoms in total. The number of rotatable bonds is 8.